The normalized spacial score (nSPS) is 25.0. The molecule has 0 heterocycles. The standard InChI is InChI=1S/C23H28FNO/c1-25(2)17-21-12-7-11-20(14-18-8-4-3-5-9-18)23(21,26)16-19-10-6-13-22(24)15-19/h3-6,8-10,13-15,21,26H,7,11-12,16-17H2,1-2H3/b20-14-. The zero-order valence-electron chi connectivity index (χ0n) is 15.7. The van der Waals surface area contributed by atoms with Crippen LogP contribution in [0.3, 0.4) is 0 Å². The number of nitrogens with zero attached hydrogens (tertiary/aromatic N) is 1. The van der Waals surface area contributed by atoms with Crippen LogP contribution in [0.1, 0.15) is 30.4 Å². The van der Waals surface area contributed by atoms with E-state index < -0.39 is 5.60 Å². The third kappa shape index (κ3) is 4.40. The van der Waals surface area contributed by atoms with Crippen molar-refractivity contribution in [3.63, 3.8) is 0 Å². The van der Waals surface area contributed by atoms with E-state index in [9.17, 15) is 9.50 Å². The Labute approximate surface area is 156 Å². The minimum Gasteiger partial charge on any atom is -0.385 e. The lowest BCUT2D eigenvalue weighted by Crippen LogP contribution is -2.48. The summed E-state index contributed by atoms with van der Waals surface area (Å²) in [5.74, 6) is -0.121. The fraction of sp³-hybridized carbons (Fsp3) is 0.391. The van der Waals surface area contributed by atoms with Crippen molar-refractivity contribution >= 4 is 6.08 Å². The van der Waals surface area contributed by atoms with Gasteiger partial charge in [-0.25, -0.2) is 4.39 Å². The van der Waals surface area contributed by atoms with Gasteiger partial charge >= 0.3 is 0 Å². The fourth-order valence-electron chi connectivity index (χ4n) is 4.10. The molecule has 1 saturated carbocycles. The summed E-state index contributed by atoms with van der Waals surface area (Å²) >= 11 is 0. The van der Waals surface area contributed by atoms with Crippen LogP contribution in [0.4, 0.5) is 4.39 Å². The number of hydrogen-bond acceptors (Lipinski definition) is 2. The molecule has 0 aliphatic heterocycles. The summed E-state index contributed by atoms with van der Waals surface area (Å²) in [5, 5.41) is 11.8. The van der Waals surface area contributed by atoms with Crippen molar-refractivity contribution in [1.82, 2.24) is 4.90 Å². The molecule has 138 valence electrons. The van der Waals surface area contributed by atoms with Crippen molar-refractivity contribution in [2.45, 2.75) is 31.3 Å². The van der Waals surface area contributed by atoms with Gasteiger partial charge < -0.3 is 10.0 Å². The Hall–Kier alpha value is -1.97. The molecule has 26 heavy (non-hydrogen) atoms. The molecule has 0 bridgehead atoms. The molecule has 0 amide bonds. The van der Waals surface area contributed by atoms with Crippen molar-refractivity contribution < 1.29 is 9.50 Å². The monoisotopic (exact) mass is 353 g/mol. The van der Waals surface area contributed by atoms with Crippen molar-refractivity contribution in [1.29, 1.82) is 0 Å². The van der Waals surface area contributed by atoms with E-state index >= 15 is 0 Å². The van der Waals surface area contributed by atoms with Crippen LogP contribution >= 0.6 is 0 Å². The van der Waals surface area contributed by atoms with E-state index in [-0.39, 0.29) is 11.7 Å². The second-order valence-electron chi connectivity index (χ2n) is 7.66. The average molecular weight is 353 g/mol. The van der Waals surface area contributed by atoms with E-state index in [0.29, 0.717) is 6.42 Å². The van der Waals surface area contributed by atoms with Gasteiger partial charge in [-0.05, 0) is 62.2 Å². The predicted molar refractivity (Wildman–Crippen MR) is 105 cm³/mol. The molecule has 1 aliphatic carbocycles. The molecule has 1 fully saturated rings. The number of aliphatic hydroxyl groups is 1. The Morgan fingerprint density at radius 2 is 1.92 bits per heavy atom. The molecule has 0 radical (unpaired) electrons. The third-order valence-electron chi connectivity index (χ3n) is 5.32. The molecule has 0 spiro atoms. The largest absolute Gasteiger partial charge is 0.385 e. The van der Waals surface area contributed by atoms with Crippen molar-refractivity contribution in [3.05, 3.63) is 77.1 Å². The van der Waals surface area contributed by atoms with E-state index in [1.54, 1.807) is 12.1 Å². The first kappa shape index (κ1) is 18.8. The second-order valence-corrected chi connectivity index (χ2v) is 7.66. The van der Waals surface area contributed by atoms with Crippen LogP contribution in [0.15, 0.2) is 60.2 Å². The highest BCUT2D eigenvalue weighted by Crippen LogP contribution is 2.41. The zero-order chi connectivity index (χ0) is 18.6. The zero-order valence-corrected chi connectivity index (χ0v) is 15.7. The quantitative estimate of drug-likeness (QED) is 0.853. The summed E-state index contributed by atoms with van der Waals surface area (Å²) in [6.45, 7) is 0.817. The van der Waals surface area contributed by atoms with Gasteiger partial charge in [0.05, 0.1) is 5.60 Å². The molecule has 3 heteroatoms. The highest BCUT2D eigenvalue weighted by atomic mass is 19.1. The molecule has 1 N–H and O–H groups in total. The van der Waals surface area contributed by atoms with Gasteiger partial charge in [0.1, 0.15) is 5.82 Å². The topological polar surface area (TPSA) is 23.5 Å². The van der Waals surface area contributed by atoms with Gasteiger partial charge in [0.2, 0.25) is 0 Å². The van der Waals surface area contributed by atoms with Crippen molar-refractivity contribution in [2.24, 2.45) is 5.92 Å². The lowest BCUT2D eigenvalue weighted by Gasteiger charge is -2.43. The Morgan fingerprint density at radius 3 is 2.62 bits per heavy atom. The predicted octanol–water partition coefficient (Wildman–Crippen LogP) is 4.54. The summed E-state index contributed by atoms with van der Waals surface area (Å²) < 4.78 is 13.7. The Morgan fingerprint density at radius 1 is 1.15 bits per heavy atom. The van der Waals surface area contributed by atoms with Crippen LogP contribution in [0, 0.1) is 11.7 Å². The molecular formula is C23H28FNO. The van der Waals surface area contributed by atoms with Gasteiger partial charge in [-0.1, -0.05) is 48.5 Å². The van der Waals surface area contributed by atoms with Crippen LogP contribution in [-0.4, -0.2) is 36.2 Å². The van der Waals surface area contributed by atoms with Crippen LogP contribution in [0.2, 0.25) is 0 Å². The molecule has 2 aromatic carbocycles. The Bertz CT molecular complexity index is 756. The highest BCUT2D eigenvalue weighted by molar-refractivity contribution is 5.56. The van der Waals surface area contributed by atoms with Gasteiger partial charge in [0, 0.05) is 18.9 Å². The lowest BCUT2D eigenvalue weighted by atomic mass is 9.68. The molecule has 2 aromatic rings. The van der Waals surface area contributed by atoms with Gasteiger partial charge in [-0.3, -0.25) is 0 Å². The maximum absolute atomic E-state index is 13.7. The lowest BCUT2D eigenvalue weighted by molar-refractivity contribution is -0.0123. The number of rotatable bonds is 5. The van der Waals surface area contributed by atoms with E-state index in [1.807, 2.05) is 38.4 Å². The Kier molecular flexibility index (Phi) is 5.90. The van der Waals surface area contributed by atoms with Crippen LogP contribution in [0.5, 0.6) is 0 Å². The Balaban J connectivity index is 1.99. The molecule has 3 rings (SSSR count). The molecule has 2 unspecified atom stereocenters. The summed E-state index contributed by atoms with van der Waals surface area (Å²) in [7, 11) is 4.08. The van der Waals surface area contributed by atoms with Crippen molar-refractivity contribution in [2.75, 3.05) is 20.6 Å². The average Bonchev–Trinajstić information content (AvgIpc) is 2.59. The van der Waals surface area contributed by atoms with E-state index in [4.69, 9.17) is 0 Å². The summed E-state index contributed by atoms with van der Waals surface area (Å²) in [5.41, 5.74) is 2.06. The fourth-order valence-corrected chi connectivity index (χ4v) is 4.10. The van der Waals surface area contributed by atoms with E-state index in [1.165, 1.54) is 6.07 Å². The van der Waals surface area contributed by atoms with Crippen LogP contribution < -0.4 is 0 Å². The second kappa shape index (κ2) is 8.15. The molecule has 2 nitrogen and oxygen atoms in total. The first-order valence-corrected chi connectivity index (χ1v) is 9.35. The van der Waals surface area contributed by atoms with E-state index in [2.05, 4.69) is 23.1 Å². The maximum atomic E-state index is 13.7. The summed E-state index contributed by atoms with van der Waals surface area (Å²) in [4.78, 5) is 2.13. The van der Waals surface area contributed by atoms with Crippen LogP contribution in [0.25, 0.3) is 6.08 Å². The summed E-state index contributed by atoms with van der Waals surface area (Å²) in [6.07, 6.45) is 5.51. The number of hydrogen-bond donors (Lipinski definition) is 1. The smallest absolute Gasteiger partial charge is 0.123 e. The SMILES string of the molecule is CN(C)CC1CCC/C(=C/c2ccccc2)C1(O)Cc1cccc(F)c1. The molecular weight excluding hydrogens is 325 g/mol. The molecule has 1 aliphatic rings. The maximum Gasteiger partial charge on any atom is 0.123 e. The molecule has 0 aromatic heterocycles. The number of halogens is 1. The first-order valence-electron chi connectivity index (χ1n) is 9.35. The minimum absolute atomic E-state index is 0.129. The molecule has 2 atom stereocenters. The van der Waals surface area contributed by atoms with Gasteiger partial charge in [0.25, 0.3) is 0 Å². The van der Waals surface area contributed by atoms with Gasteiger partial charge in [0.15, 0.2) is 0 Å². The highest BCUT2D eigenvalue weighted by Gasteiger charge is 2.42. The first-order chi connectivity index (χ1) is 12.5. The van der Waals surface area contributed by atoms with Gasteiger partial charge in [-0.2, -0.15) is 0 Å². The van der Waals surface area contributed by atoms with Crippen molar-refractivity contribution in [3.8, 4) is 0 Å². The molecule has 0 saturated heterocycles. The van der Waals surface area contributed by atoms with Gasteiger partial charge in [-0.15, -0.1) is 0 Å². The summed E-state index contributed by atoms with van der Waals surface area (Å²) in [6, 6.07) is 16.8. The van der Waals surface area contributed by atoms with E-state index in [0.717, 1.165) is 42.5 Å². The third-order valence-corrected chi connectivity index (χ3v) is 5.32. The minimum atomic E-state index is -0.952. The number of benzene rings is 2. The van der Waals surface area contributed by atoms with Crippen LogP contribution in [-0.2, 0) is 6.42 Å².